The van der Waals surface area contributed by atoms with E-state index in [2.05, 4.69) is 10.6 Å². The van der Waals surface area contributed by atoms with Crippen molar-refractivity contribution in [3.05, 3.63) is 29.8 Å². The van der Waals surface area contributed by atoms with E-state index in [1.807, 2.05) is 36.1 Å². The van der Waals surface area contributed by atoms with Gasteiger partial charge in [0.05, 0.1) is 13.7 Å². The molecule has 1 aliphatic heterocycles. The number of likely N-dealkylation sites (tertiary alicyclic amines) is 1. The predicted octanol–water partition coefficient (Wildman–Crippen LogP) is 3.57. The van der Waals surface area contributed by atoms with Crippen LogP contribution in [0, 0.1) is 0 Å². The average Bonchev–Trinajstić information content (AvgIpc) is 2.98. The lowest BCUT2D eigenvalue weighted by Gasteiger charge is -2.21. The molecule has 1 aromatic rings. The molecule has 1 aromatic carbocycles. The lowest BCUT2D eigenvalue weighted by molar-refractivity contribution is -0.130. The van der Waals surface area contributed by atoms with E-state index in [4.69, 9.17) is 14.5 Å². The first-order valence-electron chi connectivity index (χ1n) is 11.2. The summed E-state index contributed by atoms with van der Waals surface area (Å²) in [5.74, 6) is 1.94. The normalized spacial score (nSPS) is 14.6. The van der Waals surface area contributed by atoms with Crippen LogP contribution in [0.3, 0.4) is 0 Å². The van der Waals surface area contributed by atoms with Crippen LogP contribution in [0.5, 0.6) is 5.75 Å². The van der Waals surface area contributed by atoms with E-state index in [1.54, 1.807) is 7.11 Å². The van der Waals surface area contributed by atoms with Crippen LogP contribution < -0.4 is 15.4 Å². The molecule has 0 spiro atoms. The summed E-state index contributed by atoms with van der Waals surface area (Å²) in [4.78, 5) is 18.8. The lowest BCUT2D eigenvalue weighted by Crippen LogP contribution is -2.40. The summed E-state index contributed by atoms with van der Waals surface area (Å²) in [6, 6.07) is 7.96. The van der Waals surface area contributed by atoms with Gasteiger partial charge in [0.25, 0.3) is 0 Å². The van der Waals surface area contributed by atoms with Crippen molar-refractivity contribution in [2.45, 2.75) is 52.0 Å². The van der Waals surface area contributed by atoms with Gasteiger partial charge in [-0.15, -0.1) is 24.0 Å². The van der Waals surface area contributed by atoms with Crippen molar-refractivity contribution in [3.63, 3.8) is 0 Å². The summed E-state index contributed by atoms with van der Waals surface area (Å²) >= 11 is 0. The van der Waals surface area contributed by atoms with Gasteiger partial charge in [-0.1, -0.05) is 18.6 Å². The fourth-order valence-electron chi connectivity index (χ4n) is 3.35. The van der Waals surface area contributed by atoms with Crippen molar-refractivity contribution >= 4 is 35.8 Å². The molecule has 1 heterocycles. The monoisotopic (exact) mass is 546 g/mol. The molecule has 2 N–H and O–H groups in total. The Bertz CT molecular complexity index is 640. The van der Waals surface area contributed by atoms with Gasteiger partial charge in [0.2, 0.25) is 5.91 Å². The van der Waals surface area contributed by atoms with Crippen molar-refractivity contribution < 1.29 is 14.3 Å². The molecule has 176 valence electrons. The highest BCUT2D eigenvalue weighted by molar-refractivity contribution is 14.0. The van der Waals surface area contributed by atoms with Crippen LogP contribution in [0.2, 0.25) is 0 Å². The predicted molar refractivity (Wildman–Crippen MR) is 136 cm³/mol. The average molecular weight is 546 g/mol. The number of methoxy groups -OCH3 is 1. The number of rotatable bonds is 12. The molecule has 0 bridgehead atoms. The molecule has 0 aliphatic carbocycles. The van der Waals surface area contributed by atoms with Crippen LogP contribution in [0.4, 0.5) is 0 Å². The van der Waals surface area contributed by atoms with Crippen molar-refractivity contribution in [1.29, 1.82) is 0 Å². The highest BCUT2D eigenvalue weighted by Crippen LogP contribution is 2.12. The maximum atomic E-state index is 12.1. The Kier molecular flexibility index (Phi) is 15.1. The number of hydrogen-bond acceptors (Lipinski definition) is 4. The molecule has 0 atom stereocenters. The Morgan fingerprint density at radius 3 is 2.55 bits per heavy atom. The molecule has 1 amide bonds. The van der Waals surface area contributed by atoms with Gasteiger partial charge in [0.15, 0.2) is 5.96 Å². The molecule has 1 saturated heterocycles. The van der Waals surface area contributed by atoms with Crippen LogP contribution >= 0.6 is 24.0 Å². The third kappa shape index (κ3) is 11.6. The summed E-state index contributed by atoms with van der Waals surface area (Å²) < 4.78 is 10.6. The van der Waals surface area contributed by atoms with E-state index in [1.165, 1.54) is 0 Å². The van der Waals surface area contributed by atoms with E-state index in [9.17, 15) is 4.79 Å². The molecule has 0 radical (unpaired) electrons. The number of ether oxygens (including phenoxy) is 2. The number of benzene rings is 1. The first kappa shape index (κ1) is 27.5. The zero-order valence-electron chi connectivity index (χ0n) is 19.0. The summed E-state index contributed by atoms with van der Waals surface area (Å²) in [7, 11) is 1.67. The van der Waals surface area contributed by atoms with Crippen LogP contribution in [-0.2, 0) is 16.1 Å². The van der Waals surface area contributed by atoms with Gasteiger partial charge in [-0.25, -0.2) is 4.99 Å². The smallest absolute Gasteiger partial charge is 0.222 e. The second-order valence-electron chi connectivity index (χ2n) is 7.46. The minimum absolute atomic E-state index is 0. The van der Waals surface area contributed by atoms with Gasteiger partial charge < -0.3 is 25.0 Å². The van der Waals surface area contributed by atoms with Gasteiger partial charge in [-0.3, -0.25) is 4.79 Å². The second-order valence-corrected chi connectivity index (χ2v) is 7.46. The number of guanidine groups is 1. The van der Waals surface area contributed by atoms with Crippen LogP contribution in [0.15, 0.2) is 29.3 Å². The number of amides is 1. The summed E-state index contributed by atoms with van der Waals surface area (Å²) in [6.07, 6.45) is 5.85. The number of aliphatic imine (C=N–C) groups is 1. The zero-order valence-corrected chi connectivity index (χ0v) is 21.4. The molecular formula is C23H39IN4O3. The van der Waals surface area contributed by atoms with Crippen molar-refractivity contribution in [2.75, 3.05) is 46.5 Å². The zero-order chi connectivity index (χ0) is 21.4. The summed E-state index contributed by atoms with van der Waals surface area (Å²) in [6.45, 7) is 7.37. The molecule has 2 rings (SSSR count). The van der Waals surface area contributed by atoms with E-state index < -0.39 is 0 Å². The Balaban J connectivity index is 0.00000480. The minimum Gasteiger partial charge on any atom is -0.497 e. The van der Waals surface area contributed by atoms with Crippen LogP contribution in [0.25, 0.3) is 0 Å². The van der Waals surface area contributed by atoms with Gasteiger partial charge in [-0.05, 0) is 50.3 Å². The molecule has 0 aromatic heterocycles. The van der Waals surface area contributed by atoms with E-state index in [-0.39, 0.29) is 24.0 Å². The van der Waals surface area contributed by atoms with Gasteiger partial charge in [0.1, 0.15) is 5.75 Å². The first-order chi connectivity index (χ1) is 14.7. The van der Waals surface area contributed by atoms with Crippen molar-refractivity contribution in [1.82, 2.24) is 15.5 Å². The third-order valence-electron chi connectivity index (χ3n) is 5.11. The molecule has 31 heavy (non-hydrogen) atoms. The van der Waals surface area contributed by atoms with Gasteiger partial charge in [-0.2, -0.15) is 0 Å². The van der Waals surface area contributed by atoms with Crippen molar-refractivity contribution in [2.24, 2.45) is 4.99 Å². The quantitative estimate of drug-likeness (QED) is 0.182. The molecule has 8 heteroatoms. The lowest BCUT2D eigenvalue weighted by atomic mass is 10.2. The molecule has 0 saturated carbocycles. The van der Waals surface area contributed by atoms with Crippen LogP contribution in [-0.4, -0.2) is 63.3 Å². The molecular weight excluding hydrogens is 507 g/mol. The van der Waals surface area contributed by atoms with E-state index >= 15 is 0 Å². The summed E-state index contributed by atoms with van der Waals surface area (Å²) in [5.41, 5.74) is 1.13. The number of carbonyl (C=O) groups excluding carboxylic acids is 1. The van der Waals surface area contributed by atoms with Gasteiger partial charge >= 0.3 is 0 Å². The maximum absolute atomic E-state index is 12.1. The number of nitrogens with one attached hydrogen (secondary N) is 2. The summed E-state index contributed by atoms with van der Waals surface area (Å²) in [5, 5.41) is 6.79. The molecule has 1 aliphatic rings. The largest absolute Gasteiger partial charge is 0.497 e. The number of halogens is 1. The van der Waals surface area contributed by atoms with Crippen molar-refractivity contribution in [3.8, 4) is 5.75 Å². The molecule has 0 unspecified atom stereocenters. The topological polar surface area (TPSA) is 75.2 Å². The number of carbonyl (C=O) groups is 1. The highest BCUT2D eigenvalue weighted by Gasteiger charge is 2.15. The maximum Gasteiger partial charge on any atom is 0.222 e. The number of hydrogen-bond donors (Lipinski definition) is 2. The second kappa shape index (κ2) is 17.1. The Labute approximate surface area is 204 Å². The Hall–Kier alpha value is -1.55. The Morgan fingerprint density at radius 2 is 1.84 bits per heavy atom. The SMILES string of the molecule is CCOCCCNC(=NCc1ccc(OC)cc1)NCCCN1CCCCCC1=O.I. The molecule has 7 nitrogen and oxygen atoms in total. The fraction of sp³-hybridized carbons (Fsp3) is 0.652. The fourth-order valence-corrected chi connectivity index (χ4v) is 3.35. The first-order valence-corrected chi connectivity index (χ1v) is 11.2. The Morgan fingerprint density at radius 1 is 1.10 bits per heavy atom. The van der Waals surface area contributed by atoms with E-state index in [0.717, 1.165) is 88.8 Å². The van der Waals surface area contributed by atoms with Gasteiger partial charge in [0, 0.05) is 45.8 Å². The highest BCUT2D eigenvalue weighted by atomic mass is 127. The minimum atomic E-state index is 0. The van der Waals surface area contributed by atoms with Crippen LogP contribution in [0.1, 0.15) is 51.0 Å². The molecule has 1 fully saturated rings. The van der Waals surface area contributed by atoms with E-state index in [0.29, 0.717) is 18.9 Å². The third-order valence-corrected chi connectivity index (χ3v) is 5.11. The standard InChI is InChI=1S/C23H38N4O3.HI/c1-3-30-18-8-15-25-23(26-19-20-10-12-21(29-2)13-11-20)24-14-7-17-27-16-6-4-5-9-22(27)28;/h10-13H,3-9,14-19H2,1-2H3,(H2,24,25,26);1H. The number of nitrogens with zero attached hydrogens (tertiary/aromatic N) is 2.